The third kappa shape index (κ3) is 2.17. The van der Waals surface area contributed by atoms with Gasteiger partial charge in [-0.1, -0.05) is 0 Å². The zero-order valence-electron chi connectivity index (χ0n) is 6.36. The molecule has 11 heavy (non-hydrogen) atoms. The molecule has 64 valence electrons. The maximum Gasteiger partial charge on any atom is 0.332 e. The van der Waals surface area contributed by atoms with Gasteiger partial charge in [0.05, 0.1) is 12.2 Å². The summed E-state index contributed by atoms with van der Waals surface area (Å²) in [5.74, 6) is -0.990. The second-order valence-corrected chi connectivity index (χ2v) is 2.90. The van der Waals surface area contributed by atoms with Crippen LogP contribution in [0.2, 0.25) is 0 Å². The fourth-order valence-corrected chi connectivity index (χ4v) is 1.28. The van der Waals surface area contributed by atoms with E-state index in [2.05, 4.69) is 0 Å². The highest BCUT2D eigenvalue weighted by molar-refractivity contribution is 5.72. The fraction of sp³-hybridized carbons (Fsp3) is 0.857. The van der Waals surface area contributed by atoms with Gasteiger partial charge in [-0.3, -0.25) is 0 Å². The van der Waals surface area contributed by atoms with Crippen molar-refractivity contribution in [1.29, 1.82) is 0 Å². The molecule has 4 nitrogen and oxygen atoms in total. The molecule has 4 heteroatoms. The van der Waals surface area contributed by atoms with E-state index in [0.717, 1.165) is 0 Å². The Hall–Kier alpha value is -0.610. The van der Waals surface area contributed by atoms with E-state index in [1.807, 2.05) is 0 Å². The molecule has 1 rings (SSSR count). The average molecular weight is 160 g/mol. The minimum Gasteiger partial charge on any atom is -0.479 e. The lowest BCUT2D eigenvalue weighted by Crippen LogP contribution is -2.38. The first kappa shape index (κ1) is 8.49. The number of rotatable bonds is 1. The Kier molecular flexibility index (Phi) is 2.46. The summed E-state index contributed by atoms with van der Waals surface area (Å²) in [6, 6.07) is 0. The van der Waals surface area contributed by atoms with E-state index in [4.69, 9.17) is 14.9 Å². The summed E-state index contributed by atoms with van der Waals surface area (Å²) in [4.78, 5) is 10.4. The number of aliphatic carboxylic acids is 1. The number of carboxylic acids is 1. The Morgan fingerprint density at radius 1 is 1.55 bits per heavy atom. The number of carboxylic acid groups (broad SMARTS) is 1. The molecule has 0 amide bonds. The van der Waals surface area contributed by atoms with Gasteiger partial charge in [0, 0.05) is 6.42 Å². The smallest absolute Gasteiger partial charge is 0.332 e. The van der Waals surface area contributed by atoms with Gasteiger partial charge in [0.25, 0.3) is 0 Å². The van der Waals surface area contributed by atoms with Crippen molar-refractivity contribution in [3.63, 3.8) is 0 Å². The van der Waals surface area contributed by atoms with Gasteiger partial charge in [-0.25, -0.2) is 4.79 Å². The SMILES string of the molecule is CC1C[C@@H](O)C[C@@H](C(=O)O)O1. The van der Waals surface area contributed by atoms with Crippen LogP contribution in [0.15, 0.2) is 0 Å². The second kappa shape index (κ2) is 3.19. The summed E-state index contributed by atoms with van der Waals surface area (Å²) in [5.41, 5.74) is 0. The Balaban J connectivity index is 2.49. The van der Waals surface area contributed by atoms with Crippen molar-refractivity contribution in [2.24, 2.45) is 0 Å². The Morgan fingerprint density at radius 3 is 2.64 bits per heavy atom. The van der Waals surface area contributed by atoms with E-state index in [1.54, 1.807) is 6.92 Å². The molecule has 0 saturated carbocycles. The largest absolute Gasteiger partial charge is 0.479 e. The molecule has 0 aromatic rings. The van der Waals surface area contributed by atoms with Crippen molar-refractivity contribution in [1.82, 2.24) is 0 Å². The summed E-state index contributed by atoms with van der Waals surface area (Å²) >= 11 is 0. The molecule has 1 aliphatic rings. The molecule has 1 heterocycles. The van der Waals surface area contributed by atoms with Crippen LogP contribution in [-0.4, -0.2) is 34.5 Å². The highest BCUT2D eigenvalue weighted by atomic mass is 16.5. The van der Waals surface area contributed by atoms with Crippen molar-refractivity contribution in [2.45, 2.75) is 38.1 Å². The number of aliphatic hydroxyl groups is 1. The van der Waals surface area contributed by atoms with Crippen LogP contribution in [0.5, 0.6) is 0 Å². The first-order valence-electron chi connectivity index (χ1n) is 3.66. The van der Waals surface area contributed by atoms with E-state index in [9.17, 15) is 4.79 Å². The van der Waals surface area contributed by atoms with Gasteiger partial charge in [-0.15, -0.1) is 0 Å². The van der Waals surface area contributed by atoms with Crippen LogP contribution in [0.1, 0.15) is 19.8 Å². The van der Waals surface area contributed by atoms with E-state index in [1.165, 1.54) is 0 Å². The molecule has 2 N–H and O–H groups in total. The minimum atomic E-state index is -0.990. The van der Waals surface area contributed by atoms with Crippen LogP contribution in [0.25, 0.3) is 0 Å². The topological polar surface area (TPSA) is 66.8 Å². The van der Waals surface area contributed by atoms with Crippen LogP contribution in [-0.2, 0) is 9.53 Å². The van der Waals surface area contributed by atoms with E-state index < -0.39 is 18.2 Å². The molecule has 1 unspecified atom stereocenters. The van der Waals surface area contributed by atoms with Crippen LogP contribution >= 0.6 is 0 Å². The van der Waals surface area contributed by atoms with Crippen molar-refractivity contribution in [3.05, 3.63) is 0 Å². The first-order chi connectivity index (χ1) is 5.09. The Bertz CT molecular complexity index is 147. The lowest BCUT2D eigenvalue weighted by atomic mass is 10.0. The highest BCUT2D eigenvalue weighted by Gasteiger charge is 2.30. The van der Waals surface area contributed by atoms with Crippen molar-refractivity contribution in [2.75, 3.05) is 0 Å². The van der Waals surface area contributed by atoms with E-state index >= 15 is 0 Å². The maximum atomic E-state index is 10.4. The van der Waals surface area contributed by atoms with E-state index in [-0.39, 0.29) is 12.5 Å². The average Bonchev–Trinajstić information content (AvgIpc) is 1.85. The van der Waals surface area contributed by atoms with Gasteiger partial charge < -0.3 is 14.9 Å². The van der Waals surface area contributed by atoms with Gasteiger partial charge in [0.1, 0.15) is 0 Å². The molecule has 3 atom stereocenters. The lowest BCUT2D eigenvalue weighted by Gasteiger charge is -2.28. The monoisotopic (exact) mass is 160 g/mol. The minimum absolute atomic E-state index is 0.153. The van der Waals surface area contributed by atoms with Crippen LogP contribution in [0, 0.1) is 0 Å². The zero-order valence-corrected chi connectivity index (χ0v) is 6.36. The fourth-order valence-electron chi connectivity index (χ4n) is 1.28. The number of aliphatic hydroxyl groups excluding tert-OH is 1. The number of carbonyl (C=O) groups is 1. The van der Waals surface area contributed by atoms with Gasteiger partial charge >= 0.3 is 5.97 Å². The third-order valence-corrected chi connectivity index (χ3v) is 1.76. The molecule has 0 spiro atoms. The molecule has 0 bridgehead atoms. The second-order valence-electron chi connectivity index (χ2n) is 2.90. The normalized spacial score (nSPS) is 38.5. The maximum absolute atomic E-state index is 10.4. The summed E-state index contributed by atoms with van der Waals surface area (Å²) in [7, 11) is 0. The molecule has 1 aliphatic heterocycles. The number of hydrogen-bond donors (Lipinski definition) is 2. The molecular weight excluding hydrogens is 148 g/mol. The summed E-state index contributed by atoms with van der Waals surface area (Å²) < 4.78 is 5.06. The Morgan fingerprint density at radius 2 is 2.18 bits per heavy atom. The van der Waals surface area contributed by atoms with Gasteiger partial charge in [0.2, 0.25) is 0 Å². The molecular formula is C7H12O4. The van der Waals surface area contributed by atoms with Crippen molar-refractivity contribution in [3.8, 4) is 0 Å². The molecule has 0 aromatic heterocycles. The summed E-state index contributed by atoms with van der Waals surface area (Å²) in [6.07, 6.45) is -0.767. The van der Waals surface area contributed by atoms with Gasteiger partial charge in [-0.2, -0.15) is 0 Å². The standard InChI is InChI=1S/C7H12O4/c1-4-2-5(8)3-6(11-4)7(9)10/h4-6,8H,2-3H2,1H3,(H,9,10)/t4?,5-,6+/m1/s1. The molecule has 0 aromatic carbocycles. The van der Waals surface area contributed by atoms with Crippen LogP contribution < -0.4 is 0 Å². The van der Waals surface area contributed by atoms with Crippen LogP contribution in [0.4, 0.5) is 0 Å². The number of hydrogen-bond acceptors (Lipinski definition) is 3. The quantitative estimate of drug-likeness (QED) is 0.566. The highest BCUT2D eigenvalue weighted by Crippen LogP contribution is 2.18. The summed E-state index contributed by atoms with van der Waals surface area (Å²) in [6.45, 7) is 1.76. The first-order valence-corrected chi connectivity index (χ1v) is 3.66. The molecule has 0 radical (unpaired) electrons. The predicted molar refractivity (Wildman–Crippen MR) is 37.2 cm³/mol. The lowest BCUT2D eigenvalue weighted by molar-refractivity contribution is -0.164. The third-order valence-electron chi connectivity index (χ3n) is 1.76. The van der Waals surface area contributed by atoms with Gasteiger partial charge in [0.15, 0.2) is 6.10 Å². The number of ether oxygens (including phenoxy) is 1. The van der Waals surface area contributed by atoms with Crippen LogP contribution in [0.3, 0.4) is 0 Å². The van der Waals surface area contributed by atoms with Crippen molar-refractivity contribution < 1.29 is 19.7 Å². The molecule has 0 aliphatic carbocycles. The summed E-state index contributed by atoms with van der Waals surface area (Å²) in [5, 5.41) is 17.7. The predicted octanol–water partition coefficient (Wildman–Crippen LogP) is -0.000600. The van der Waals surface area contributed by atoms with Gasteiger partial charge in [-0.05, 0) is 13.3 Å². The van der Waals surface area contributed by atoms with Crippen molar-refractivity contribution >= 4 is 5.97 Å². The van der Waals surface area contributed by atoms with E-state index in [0.29, 0.717) is 6.42 Å². The Labute approximate surface area is 64.8 Å². The molecule has 1 saturated heterocycles. The molecule has 1 fully saturated rings. The zero-order chi connectivity index (χ0) is 8.43.